The van der Waals surface area contributed by atoms with Gasteiger partial charge >= 0.3 is 0 Å². The molecule has 0 aromatic heterocycles. The summed E-state index contributed by atoms with van der Waals surface area (Å²) < 4.78 is 0. The van der Waals surface area contributed by atoms with Crippen LogP contribution in [-0.2, 0) is 30.4 Å². The van der Waals surface area contributed by atoms with Crippen molar-refractivity contribution in [1.29, 1.82) is 0 Å². The maximum atomic E-state index is 14.0. The average molecular weight is 599 g/mol. The number of phenolic OH excluding ortho intramolecular Hbond substituents is 1. The Hall–Kier alpha value is -3.78. The highest BCUT2D eigenvalue weighted by Crippen LogP contribution is 2.53. The molecule has 0 spiro atoms. The Balaban J connectivity index is 1.48. The number of benzene rings is 1. The number of aromatic hydroxyl groups is 1. The first-order chi connectivity index (χ1) is 20.2. The minimum absolute atomic E-state index is 0.00532. The lowest BCUT2D eigenvalue weighted by molar-refractivity contribution is -0.153. The molecule has 13 nitrogen and oxygen atoms in total. The zero-order valence-electron chi connectivity index (χ0n) is 24.5. The summed E-state index contributed by atoms with van der Waals surface area (Å²) in [6.45, 7) is 3.91. The molecule has 5 atom stereocenters. The highest BCUT2D eigenvalue weighted by atomic mass is 16.7. The third-order valence-corrected chi connectivity index (χ3v) is 9.28. The highest BCUT2D eigenvalue weighted by molar-refractivity contribution is 6.24. The van der Waals surface area contributed by atoms with E-state index in [4.69, 9.17) is 10.6 Å². The first kappa shape index (κ1) is 30.7. The van der Waals surface area contributed by atoms with Gasteiger partial charge in [0, 0.05) is 11.5 Å². The van der Waals surface area contributed by atoms with Crippen molar-refractivity contribution in [2.75, 3.05) is 19.4 Å². The molecule has 2 amide bonds. The van der Waals surface area contributed by atoms with E-state index in [1.54, 1.807) is 27.1 Å². The van der Waals surface area contributed by atoms with Gasteiger partial charge in [-0.1, -0.05) is 19.9 Å². The van der Waals surface area contributed by atoms with Crippen LogP contribution in [0.4, 0.5) is 5.69 Å². The quantitative estimate of drug-likeness (QED) is 0.127. The Bertz CT molecular complexity index is 1460. The van der Waals surface area contributed by atoms with E-state index in [0.29, 0.717) is 17.9 Å². The lowest BCUT2D eigenvalue weighted by Gasteiger charge is -2.50. The number of carbonyl (C=O) groups is 4. The fourth-order valence-electron chi connectivity index (χ4n) is 6.96. The topological polar surface area (TPSA) is 212 Å². The summed E-state index contributed by atoms with van der Waals surface area (Å²) in [6.07, 6.45) is 2.35. The maximum absolute atomic E-state index is 14.0. The van der Waals surface area contributed by atoms with E-state index in [1.807, 2.05) is 0 Å². The number of nitrogens with one attached hydrogen (secondary N) is 2. The number of rotatable bonds is 8. The Morgan fingerprint density at radius 3 is 2.42 bits per heavy atom. The van der Waals surface area contributed by atoms with Crippen molar-refractivity contribution in [3.05, 3.63) is 40.2 Å². The molecule has 2 saturated carbocycles. The molecule has 0 heterocycles. The van der Waals surface area contributed by atoms with Crippen molar-refractivity contribution in [2.45, 2.75) is 69.7 Å². The van der Waals surface area contributed by atoms with Crippen molar-refractivity contribution >= 4 is 34.8 Å². The second-order valence-electron chi connectivity index (χ2n) is 12.3. The number of hydrogen-bond donors (Lipinski definition) is 7. The Labute approximate surface area is 248 Å². The standard InChI is InChI=1S/C30H38N4O9/c1-5-17(33-43-15-8-12(2)9-15)29(41)32-18-7-6-13-10-14-11-16-22(34(3)4)25(37)21(28(31)40)27(39)30(16,42)26(38)20(14)24(36)19(13)23(18)35/h6-7,12,14-17,22,33,35-36,39,42H,5,8-11H2,1-4H3,(H2,31,40)(H,32,41)/t12?,14?,15?,16?,17?,22-,30?/m0/s1. The number of aliphatic hydroxyl groups excluding tert-OH is 2. The summed E-state index contributed by atoms with van der Waals surface area (Å²) in [4.78, 5) is 59.3. The van der Waals surface area contributed by atoms with Crippen molar-refractivity contribution in [1.82, 2.24) is 10.4 Å². The van der Waals surface area contributed by atoms with Gasteiger partial charge in [0.25, 0.3) is 5.91 Å². The van der Waals surface area contributed by atoms with E-state index in [2.05, 4.69) is 17.7 Å². The van der Waals surface area contributed by atoms with Gasteiger partial charge in [0.15, 0.2) is 11.4 Å². The molecule has 0 radical (unpaired) electrons. The van der Waals surface area contributed by atoms with Crippen LogP contribution in [0.25, 0.3) is 5.76 Å². The number of anilines is 1. The van der Waals surface area contributed by atoms with E-state index in [9.17, 15) is 39.6 Å². The SMILES string of the molecule is CCC(NOC1CC(C)C1)C(=O)Nc1ccc2c(c1O)C(O)=C1C(=O)C3(O)C(O)=C(C(N)=O)C(=O)[C@@H](N(C)C)C3CC1C2. The third kappa shape index (κ3) is 4.80. The molecule has 0 aliphatic heterocycles. The largest absolute Gasteiger partial charge is 0.508 e. The molecule has 4 aliphatic rings. The summed E-state index contributed by atoms with van der Waals surface area (Å²) in [6, 6.07) is 1.23. The Morgan fingerprint density at radius 1 is 1.16 bits per heavy atom. The lowest BCUT2D eigenvalue weighted by atomic mass is 9.57. The zero-order chi connectivity index (χ0) is 31.5. The Morgan fingerprint density at radius 2 is 1.84 bits per heavy atom. The van der Waals surface area contributed by atoms with Gasteiger partial charge in [-0.2, -0.15) is 5.48 Å². The van der Waals surface area contributed by atoms with Gasteiger partial charge < -0.3 is 31.5 Å². The number of carbonyl (C=O) groups excluding carboxylic acids is 4. The summed E-state index contributed by atoms with van der Waals surface area (Å²) >= 11 is 0. The molecular weight excluding hydrogens is 560 g/mol. The van der Waals surface area contributed by atoms with Crippen molar-refractivity contribution < 1.29 is 44.4 Å². The van der Waals surface area contributed by atoms with E-state index in [1.165, 1.54) is 11.0 Å². The second kappa shape index (κ2) is 11.1. The number of hydrogen-bond acceptors (Lipinski definition) is 11. The summed E-state index contributed by atoms with van der Waals surface area (Å²) in [7, 11) is 3.08. The van der Waals surface area contributed by atoms with E-state index in [0.717, 1.165) is 12.8 Å². The van der Waals surface area contributed by atoms with Crippen LogP contribution in [0.1, 0.15) is 50.7 Å². The number of hydroxylamine groups is 1. The van der Waals surface area contributed by atoms with Crippen LogP contribution >= 0.6 is 0 Å². The Kier molecular flexibility index (Phi) is 7.88. The summed E-state index contributed by atoms with van der Waals surface area (Å²) in [5, 5.41) is 47.9. The maximum Gasteiger partial charge on any atom is 0.255 e. The molecule has 4 aliphatic carbocycles. The molecule has 2 fully saturated rings. The molecule has 1 aromatic rings. The molecule has 13 heteroatoms. The van der Waals surface area contributed by atoms with Crippen LogP contribution in [0, 0.1) is 17.8 Å². The number of ketones is 2. The fraction of sp³-hybridized carbons (Fsp3) is 0.533. The predicted octanol–water partition coefficient (Wildman–Crippen LogP) is 1.00. The van der Waals surface area contributed by atoms with Crippen LogP contribution in [-0.4, -0.2) is 86.6 Å². The normalized spacial score (nSPS) is 30.8. The van der Waals surface area contributed by atoms with Crippen molar-refractivity contribution in [2.24, 2.45) is 23.5 Å². The minimum atomic E-state index is -2.72. The van der Waals surface area contributed by atoms with Gasteiger partial charge in [-0.25, -0.2) is 0 Å². The van der Waals surface area contributed by atoms with Crippen LogP contribution in [0.5, 0.6) is 5.75 Å². The lowest BCUT2D eigenvalue weighted by Crippen LogP contribution is -2.65. The zero-order valence-corrected chi connectivity index (χ0v) is 24.5. The van der Waals surface area contributed by atoms with Gasteiger partial charge in [0.1, 0.15) is 28.9 Å². The third-order valence-electron chi connectivity index (χ3n) is 9.28. The second-order valence-corrected chi connectivity index (χ2v) is 12.3. The molecule has 8 N–H and O–H groups in total. The van der Waals surface area contributed by atoms with E-state index < -0.39 is 75.7 Å². The summed E-state index contributed by atoms with van der Waals surface area (Å²) in [5.74, 6) is -7.20. The molecule has 0 saturated heterocycles. The number of likely N-dealkylation sites (N-methyl/N-ethyl adjacent to an activating group) is 1. The molecule has 43 heavy (non-hydrogen) atoms. The first-order valence-corrected chi connectivity index (χ1v) is 14.4. The molecule has 0 bridgehead atoms. The van der Waals surface area contributed by atoms with Crippen molar-refractivity contribution in [3.63, 3.8) is 0 Å². The van der Waals surface area contributed by atoms with Gasteiger partial charge in [-0.05, 0) is 69.7 Å². The fourth-order valence-corrected chi connectivity index (χ4v) is 6.96. The molecule has 1 aromatic carbocycles. The van der Waals surface area contributed by atoms with Gasteiger partial charge in [0.2, 0.25) is 11.7 Å². The van der Waals surface area contributed by atoms with Crippen molar-refractivity contribution in [3.8, 4) is 5.75 Å². The number of amides is 2. The van der Waals surface area contributed by atoms with Gasteiger partial charge in [-0.3, -0.25) is 28.9 Å². The highest BCUT2D eigenvalue weighted by Gasteiger charge is 2.64. The number of primary amides is 1. The number of Topliss-reactive ketones (excluding diaryl/α,β-unsaturated/α-hetero) is 2. The number of fused-ring (bicyclic) bond motifs is 3. The van der Waals surface area contributed by atoms with E-state index in [-0.39, 0.29) is 35.8 Å². The van der Waals surface area contributed by atoms with Gasteiger partial charge in [-0.15, -0.1) is 0 Å². The van der Waals surface area contributed by atoms with E-state index >= 15 is 0 Å². The van der Waals surface area contributed by atoms with Crippen LogP contribution in [0.3, 0.4) is 0 Å². The minimum Gasteiger partial charge on any atom is -0.508 e. The van der Waals surface area contributed by atoms with Gasteiger partial charge in [0.05, 0.1) is 23.4 Å². The predicted molar refractivity (Wildman–Crippen MR) is 153 cm³/mol. The smallest absolute Gasteiger partial charge is 0.255 e. The van der Waals surface area contributed by atoms with Crippen LogP contribution < -0.4 is 16.5 Å². The average Bonchev–Trinajstić information content (AvgIpc) is 2.91. The molecule has 232 valence electrons. The number of nitrogens with two attached hydrogens (primary N) is 1. The summed E-state index contributed by atoms with van der Waals surface area (Å²) in [5.41, 5.74) is 4.66. The monoisotopic (exact) mass is 598 g/mol. The molecule has 4 unspecified atom stereocenters. The number of nitrogens with zero attached hydrogens (tertiary/aromatic N) is 1. The first-order valence-electron chi connectivity index (χ1n) is 14.4. The number of aliphatic hydroxyl groups is 3. The number of phenols is 1. The molecular formula is C30H38N4O9. The molecule has 5 rings (SSSR count). The van der Waals surface area contributed by atoms with Crippen LogP contribution in [0.15, 0.2) is 29.0 Å². The van der Waals surface area contributed by atoms with Crippen LogP contribution in [0.2, 0.25) is 0 Å².